The van der Waals surface area contributed by atoms with Crippen LogP contribution in [-0.2, 0) is 6.54 Å². The highest BCUT2D eigenvalue weighted by Crippen LogP contribution is 2.23. The molecule has 4 nitrogen and oxygen atoms in total. The summed E-state index contributed by atoms with van der Waals surface area (Å²) in [5, 5.41) is 5.59. The van der Waals surface area contributed by atoms with Crippen molar-refractivity contribution in [2.24, 2.45) is 0 Å². The van der Waals surface area contributed by atoms with Crippen LogP contribution < -0.4 is 10.1 Å². The highest BCUT2D eigenvalue weighted by Gasteiger charge is 2.09. The molecular formula is C17H19N3OS. The number of hydrogen-bond donors (Lipinski definition) is 1. The standard InChI is InChI=1S/C17H19N3OS/c1-3-21-17-13(5-4-7-18-17)10-19-12(2)14-9-16-15(20-11-14)6-8-22-16/h4-9,11-12,19H,3,10H2,1-2H3/t12-/m1/s1. The highest BCUT2D eigenvalue weighted by atomic mass is 32.1. The van der Waals surface area contributed by atoms with Gasteiger partial charge in [-0.25, -0.2) is 4.98 Å². The second-order valence-corrected chi connectivity index (χ2v) is 6.02. The van der Waals surface area contributed by atoms with Crippen LogP contribution in [0.15, 0.2) is 42.0 Å². The molecule has 3 rings (SSSR count). The number of ether oxygens (including phenoxy) is 1. The predicted octanol–water partition coefficient (Wildman–Crippen LogP) is 3.94. The molecule has 0 saturated carbocycles. The van der Waals surface area contributed by atoms with Gasteiger partial charge in [0.05, 0.1) is 16.8 Å². The average Bonchev–Trinajstić information content (AvgIpc) is 3.01. The van der Waals surface area contributed by atoms with Gasteiger partial charge in [-0.3, -0.25) is 4.98 Å². The number of aromatic nitrogens is 2. The van der Waals surface area contributed by atoms with Crippen LogP contribution in [-0.4, -0.2) is 16.6 Å². The van der Waals surface area contributed by atoms with Crippen LogP contribution in [0.5, 0.6) is 5.88 Å². The lowest BCUT2D eigenvalue weighted by molar-refractivity contribution is 0.321. The van der Waals surface area contributed by atoms with E-state index >= 15 is 0 Å². The van der Waals surface area contributed by atoms with Crippen molar-refractivity contribution in [1.82, 2.24) is 15.3 Å². The topological polar surface area (TPSA) is 47.0 Å². The minimum absolute atomic E-state index is 0.216. The quantitative estimate of drug-likeness (QED) is 0.749. The van der Waals surface area contributed by atoms with Gasteiger partial charge in [0, 0.05) is 30.5 Å². The number of pyridine rings is 2. The Morgan fingerprint density at radius 3 is 3.09 bits per heavy atom. The molecule has 3 aromatic heterocycles. The molecule has 0 bridgehead atoms. The molecule has 0 saturated heterocycles. The van der Waals surface area contributed by atoms with Gasteiger partial charge in [0.25, 0.3) is 0 Å². The average molecular weight is 313 g/mol. The molecule has 3 heterocycles. The van der Waals surface area contributed by atoms with Gasteiger partial charge in [-0.1, -0.05) is 6.07 Å². The van der Waals surface area contributed by atoms with Crippen LogP contribution in [0.4, 0.5) is 0 Å². The Morgan fingerprint density at radius 2 is 2.23 bits per heavy atom. The fraction of sp³-hybridized carbons (Fsp3) is 0.294. The number of hydrogen-bond acceptors (Lipinski definition) is 5. The maximum Gasteiger partial charge on any atom is 0.217 e. The third kappa shape index (κ3) is 3.26. The zero-order valence-electron chi connectivity index (χ0n) is 12.7. The van der Waals surface area contributed by atoms with E-state index in [0.29, 0.717) is 19.0 Å². The van der Waals surface area contributed by atoms with Gasteiger partial charge in [-0.05, 0) is 43.0 Å². The van der Waals surface area contributed by atoms with E-state index in [0.717, 1.165) is 11.1 Å². The molecule has 0 unspecified atom stereocenters. The normalized spacial score (nSPS) is 12.5. The van der Waals surface area contributed by atoms with Crippen molar-refractivity contribution >= 4 is 21.6 Å². The minimum Gasteiger partial charge on any atom is -0.478 e. The van der Waals surface area contributed by atoms with E-state index in [9.17, 15) is 0 Å². The Balaban J connectivity index is 1.70. The van der Waals surface area contributed by atoms with Gasteiger partial charge in [-0.2, -0.15) is 0 Å². The van der Waals surface area contributed by atoms with E-state index in [4.69, 9.17) is 4.74 Å². The van der Waals surface area contributed by atoms with Crippen molar-refractivity contribution in [3.63, 3.8) is 0 Å². The van der Waals surface area contributed by atoms with Crippen LogP contribution in [0.1, 0.15) is 31.0 Å². The summed E-state index contributed by atoms with van der Waals surface area (Å²) in [4.78, 5) is 8.78. The first-order valence-corrected chi connectivity index (χ1v) is 8.29. The first-order chi connectivity index (χ1) is 10.8. The number of thiophene rings is 1. The Morgan fingerprint density at radius 1 is 1.32 bits per heavy atom. The summed E-state index contributed by atoms with van der Waals surface area (Å²) in [6, 6.07) is 8.44. The van der Waals surface area contributed by atoms with Crippen molar-refractivity contribution in [2.45, 2.75) is 26.4 Å². The largest absolute Gasteiger partial charge is 0.478 e. The third-order valence-corrected chi connectivity index (χ3v) is 4.41. The summed E-state index contributed by atoms with van der Waals surface area (Å²) in [5.74, 6) is 0.705. The lowest BCUT2D eigenvalue weighted by Crippen LogP contribution is -2.19. The van der Waals surface area contributed by atoms with Gasteiger partial charge in [-0.15, -0.1) is 11.3 Å². The smallest absolute Gasteiger partial charge is 0.217 e. The van der Waals surface area contributed by atoms with Crippen molar-refractivity contribution in [3.8, 4) is 5.88 Å². The van der Waals surface area contributed by atoms with E-state index in [1.54, 1.807) is 17.5 Å². The molecule has 22 heavy (non-hydrogen) atoms. The van der Waals surface area contributed by atoms with Crippen LogP contribution in [0.25, 0.3) is 10.2 Å². The molecule has 0 radical (unpaired) electrons. The van der Waals surface area contributed by atoms with Gasteiger partial charge in [0.15, 0.2) is 0 Å². The molecule has 1 atom stereocenters. The minimum atomic E-state index is 0.216. The summed E-state index contributed by atoms with van der Waals surface area (Å²) >= 11 is 1.72. The summed E-state index contributed by atoms with van der Waals surface area (Å²) in [6.07, 6.45) is 3.70. The van der Waals surface area contributed by atoms with E-state index in [1.165, 1.54) is 10.3 Å². The van der Waals surface area contributed by atoms with Crippen LogP contribution in [0.2, 0.25) is 0 Å². The molecule has 0 aliphatic carbocycles. The highest BCUT2D eigenvalue weighted by molar-refractivity contribution is 7.17. The molecule has 0 amide bonds. The van der Waals surface area contributed by atoms with Gasteiger partial charge < -0.3 is 10.1 Å². The second-order valence-electron chi connectivity index (χ2n) is 5.08. The summed E-state index contributed by atoms with van der Waals surface area (Å²) in [5.41, 5.74) is 3.32. The fourth-order valence-electron chi connectivity index (χ4n) is 2.30. The maximum atomic E-state index is 5.56. The molecule has 114 valence electrons. The molecule has 3 aromatic rings. The molecule has 0 spiro atoms. The summed E-state index contributed by atoms with van der Waals surface area (Å²) in [6.45, 7) is 5.45. The maximum absolute atomic E-state index is 5.56. The molecule has 0 aromatic carbocycles. The number of rotatable bonds is 6. The second kappa shape index (κ2) is 6.85. The summed E-state index contributed by atoms with van der Waals surface area (Å²) in [7, 11) is 0. The molecule has 0 fully saturated rings. The molecule has 0 aliphatic rings. The monoisotopic (exact) mass is 313 g/mol. The van der Waals surface area contributed by atoms with Crippen molar-refractivity contribution in [2.75, 3.05) is 6.61 Å². The van der Waals surface area contributed by atoms with Crippen LogP contribution in [0.3, 0.4) is 0 Å². The van der Waals surface area contributed by atoms with Crippen LogP contribution in [0, 0.1) is 0 Å². The number of fused-ring (bicyclic) bond motifs is 1. The third-order valence-electron chi connectivity index (χ3n) is 3.55. The Kier molecular flexibility index (Phi) is 4.65. The van der Waals surface area contributed by atoms with E-state index < -0.39 is 0 Å². The van der Waals surface area contributed by atoms with E-state index in [1.807, 2.05) is 31.3 Å². The van der Waals surface area contributed by atoms with Crippen molar-refractivity contribution < 1.29 is 4.74 Å². The van der Waals surface area contributed by atoms with Gasteiger partial charge in [0.2, 0.25) is 5.88 Å². The summed E-state index contributed by atoms with van der Waals surface area (Å²) < 4.78 is 6.79. The van der Waals surface area contributed by atoms with Gasteiger partial charge >= 0.3 is 0 Å². The van der Waals surface area contributed by atoms with Gasteiger partial charge in [0.1, 0.15) is 0 Å². The Labute approximate surface area is 134 Å². The van der Waals surface area contributed by atoms with E-state index in [2.05, 4.69) is 33.7 Å². The number of nitrogens with one attached hydrogen (secondary N) is 1. The SMILES string of the molecule is CCOc1ncccc1CN[C@H](C)c1cnc2ccsc2c1. The molecule has 1 N–H and O–H groups in total. The molecule has 5 heteroatoms. The first kappa shape index (κ1) is 14.9. The van der Waals surface area contributed by atoms with Crippen molar-refractivity contribution in [1.29, 1.82) is 0 Å². The Bertz CT molecular complexity index is 756. The fourth-order valence-corrected chi connectivity index (χ4v) is 3.09. The van der Waals surface area contributed by atoms with Crippen molar-refractivity contribution in [3.05, 3.63) is 53.2 Å². The zero-order chi connectivity index (χ0) is 15.4. The zero-order valence-corrected chi connectivity index (χ0v) is 13.6. The lowest BCUT2D eigenvalue weighted by atomic mass is 10.1. The van der Waals surface area contributed by atoms with Crippen LogP contribution >= 0.6 is 11.3 Å². The first-order valence-electron chi connectivity index (χ1n) is 7.41. The Hall–Kier alpha value is -1.98. The number of nitrogens with zero attached hydrogens (tertiary/aromatic N) is 2. The lowest BCUT2D eigenvalue weighted by Gasteiger charge is -2.15. The van der Waals surface area contributed by atoms with E-state index in [-0.39, 0.29) is 6.04 Å². The molecule has 0 aliphatic heterocycles. The predicted molar refractivity (Wildman–Crippen MR) is 90.3 cm³/mol. The molecular weight excluding hydrogens is 294 g/mol.